The standard InChI is InChI=1S/C7H14ClNO3S/c8-13(11,12)5-7(10)6-1-3-9-4-2-6/h6-7,9-10H,1-5H2. The molecule has 0 aromatic rings. The van der Waals surface area contributed by atoms with E-state index in [9.17, 15) is 13.5 Å². The van der Waals surface area contributed by atoms with Gasteiger partial charge in [-0.05, 0) is 31.8 Å². The van der Waals surface area contributed by atoms with Crippen LogP contribution in [0.15, 0.2) is 0 Å². The maximum absolute atomic E-state index is 10.7. The molecule has 13 heavy (non-hydrogen) atoms. The number of nitrogens with one attached hydrogen (secondary N) is 1. The third-order valence-electron chi connectivity index (χ3n) is 2.30. The van der Waals surface area contributed by atoms with Gasteiger partial charge in [-0.2, -0.15) is 0 Å². The van der Waals surface area contributed by atoms with Crippen LogP contribution in [0, 0.1) is 5.92 Å². The summed E-state index contributed by atoms with van der Waals surface area (Å²) in [5.41, 5.74) is 0. The van der Waals surface area contributed by atoms with Crippen molar-refractivity contribution in [3.05, 3.63) is 0 Å². The van der Waals surface area contributed by atoms with Gasteiger partial charge in [-0.3, -0.25) is 0 Å². The maximum atomic E-state index is 10.7. The number of aliphatic hydroxyl groups excluding tert-OH is 1. The van der Waals surface area contributed by atoms with Gasteiger partial charge in [-0.25, -0.2) is 8.42 Å². The minimum absolute atomic E-state index is 0.0646. The molecule has 1 unspecified atom stereocenters. The van der Waals surface area contributed by atoms with Gasteiger partial charge in [0.1, 0.15) is 0 Å². The number of halogens is 1. The quantitative estimate of drug-likeness (QED) is 0.662. The first-order chi connectivity index (χ1) is 5.99. The molecule has 0 radical (unpaired) electrons. The van der Waals surface area contributed by atoms with Crippen LogP contribution >= 0.6 is 10.7 Å². The fraction of sp³-hybridized carbons (Fsp3) is 1.00. The highest BCUT2D eigenvalue weighted by molar-refractivity contribution is 8.13. The molecule has 0 bridgehead atoms. The van der Waals surface area contributed by atoms with Gasteiger partial charge >= 0.3 is 0 Å². The lowest BCUT2D eigenvalue weighted by Crippen LogP contribution is -2.36. The van der Waals surface area contributed by atoms with Gasteiger partial charge in [-0.15, -0.1) is 0 Å². The average molecular weight is 228 g/mol. The van der Waals surface area contributed by atoms with Crippen molar-refractivity contribution in [3.63, 3.8) is 0 Å². The van der Waals surface area contributed by atoms with Crippen molar-refractivity contribution < 1.29 is 13.5 Å². The first-order valence-corrected chi connectivity index (χ1v) is 6.78. The summed E-state index contributed by atoms with van der Waals surface area (Å²) in [5, 5.41) is 12.7. The van der Waals surface area contributed by atoms with E-state index in [-0.39, 0.29) is 11.7 Å². The van der Waals surface area contributed by atoms with Gasteiger partial charge in [-0.1, -0.05) is 0 Å². The molecule has 0 aromatic carbocycles. The van der Waals surface area contributed by atoms with Crippen molar-refractivity contribution >= 4 is 19.7 Å². The summed E-state index contributed by atoms with van der Waals surface area (Å²) in [5.74, 6) is -0.269. The van der Waals surface area contributed by atoms with Gasteiger partial charge in [0.05, 0.1) is 11.9 Å². The van der Waals surface area contributed by atoms with Crippen LogP contribution < -0.4 is 5.32 Å². The van der Waals surface area contributed by atoms with Crippen molar-refractivity contribution in [3.8, 4) is 0 Å². The second-order valence-electron chi connectivity index (χ2n) is 3.36. The molecule has 4 nitrogen and oxygen atoms in total. The molecule has 1 saturated heterocycles. The third-order valence-corrected chi connectivity index (χ3v) is 3.42. The summed E-state index contributed by atoms with van der Waals surface area (Å²) in [6.45, 7) is 1.67. The molecule has 1 atom stereocenters. The topological polar surface area (TPSA) is 66.4 Å². The highest BCUT2D eigenvalue weighted by atomic mass is 35.7. The average Bonchev–Trinajstić information content (AvgIpc) is 2.03. The molecular formula is C7H14ClNO3S. The molecule has 1 rings (SSSR count). The lowest BCUT2D eigenvalue weighted by atomic mass is 9.93. The Morgan fingerprint density at radius 3 is 2.46 bits per heavy atom. The molecular weight excluding hydrogens is 214 g/mol. The van der Waals surface area contributed by atoms with E-state index < -0.39 is 15.2 Å². The monoisotopic (exact) mass is 227 g/mol. The largest absolute Gasteiger partial charge is 0.392 e. The molecule has 0 aromatic heterocycles. The van der Waals surface area contributed by atoms with Crippen LogP contribution in [0.4, 0.5) is 0 Å². The summed E-state index contributed by atoms with van der Waals surface area (Å²) in [7, 11) is 1.47. The molecule has 0 spiro atoms. The molecule has 0 amide bonds. The minimum atomic E-state index is -3.57. The maximum Gasteiger partial charge on any atom is 0.235 e. The second-order valence-corrected chi connectivity index (χ2v) is 6.18. The zero-order valence-corrected chi connectivity index (χ0v) is 8.81. The van der Waals surface area contributed by atoms with Crippen LogP contribution in [0.5, 0.6) is 0 Å². The fourth-order valence-electron chi connectivity index (χ4n) is 1.57. The van der Waals surface area contributed by atoms with Gasteiger partial charge in [0.2, 0.25) is 9.05 Å². The Morgan fingerprint density at radius 1 is 1.46 bits per heavy atom. The van der Waals surface area contributed by atoms with E-state index in [0.717, 1.165) is 25.9 Å². The Hall–Kier alpha value is 0.160. The number of piperidine rings is 1. The van der Waals surface area contributed by atoms with E-state index in [4.69, 9.17) is 10.7 Å². The lowest BCUT2D eigenvalue weighted by Gasteiger charge is -2.26. The summed E-state index contributed by atoms with van der Waals surface area (Å²) in [6, 6.07) is 0. The van der Waals surface area contributed by atoms with Crippen molar-refractivity contribution in [2.75, 3.05) is 18.8 Å². The summed E-state index contributed by atoms with van der Waals surface area (Å²) in [4.78, 5) is 0. The number of hydrogen-bond donors (Lipinski definition) is 2. The zero-order valence-electron chi connectivity index (χ0n) is 7.24. The smallest absolute Gasteiger partial charge is 0.235 e. The molecule has 1 heterocycles. The van der Waals surface area contributed by atoms with E-state index >= 15 is 0 Å². The fourth-order valence-corrected chi connectivity index (χ4v) is 2.64. The van der Waals surface area contributed by atoms with Crippen LogP contribution in [0.25, 0.3) is 0 Å². The van der Waals surface area contributed by atoms with E-state index in [2.05, 4.69) is 5.32 Å². The van der Waals surface area contributed by atoms with E-state index in [1.165, 1.54) is 0 Å². The van der Waals surface area contributed by atoms with Crippen LogP contribution in [0.1, 0.15) is 12.8 Å². The zero-order chi connectivity index (χ0) is 9.90. The highest BCUT2D eigenvalue weighted by Crippen LogP contribution is 2.18. The highest BCUT2D eigenvalue weighted by Gasteiger charge is 2.25. The van der Waals surface area contributed by atoms with Crippen molar-refractivity contribution in [1.82, 2.24) is 5.32 Å². The predicted octanol–water partition coefficient (Wildman–Crippen LogP) is -0.0845. The first-order valence-electron chi connectivity index (χ1n) is 4.30. The Kier molecular flexibility index (Phi) is 3.97. The number of aliphatic hydroxyl groups is 1. The molecule has 2 N–H and O–H groups in total. The predicted molar refractivity (Wildman–Crippen MR) is 51.2 cm³/mol. The molecule has 6 heteroatoms. The van der Waals surface area contributed by atoms with Gasteiger partial charge < -0.3 is 10.4 Å². The molecule has 1 fully saturated rings. The number of hydrogen-bond acceptors (Lipinski definition) is 4. The van der Waals surface area contributed by atoms with Gasteiger partial charge in [0, 0.05) is 10.7 Å². The Balaban J connectivity index is 2.42. The SMILES string of the molecule is O=S(=O)(Cl)CC(O)C1CCNCC1. The Morgan fingerprint density at radius 2 is 2.00 bits per heavy atom. The molecule has 1 aliphatic heterocycles. The Bertz CT molecular complexity index is 248. The molecule has 1 aliphatic rings. The summed E-state index contributed by atoms with van der Waals surface area (Å²) < 4.78 is 21.3. The van der Waals surface area contributed by atoms with E-state index in [1.54, 1.807) is 0 Å². The van der Waals surface area contributed by atoms with Gasteiger partial charge in [0.25, 0.3) is 0 Å². The van der Waals surface area contributed by atoms with Crippen LogP contribution in [-0.4, -0.2) is 38.5 Å². The summed E-state index contributed by atoms with van der Waals surface area (Å²) in [6.07, 6.45) is 0.811. The van der Waals surface area contributed by atoms with E-state index in [1.807, 2.05) is 0 Å². The molecule has 78 valence electrons. The van der Waals surface area contributed by atoms with Gasteiger partial charge in [0.15, 0.2) is 0 Å². The van der Waals surface area contributed by atoms with Crippen LogP contribution in [0.3, 0.4) is 0 Å². The van der Waals surface area contributed by atoms with Crippen molar-refractivity contribution in [1.29, 1.82) is 0 Å². The molecule has 0 saturated carbocycles. The van der Waals surface area contributed by atoms with E-state index in [0.29, 0.717) is 0 Å². The van der Waals surface area contributed by atoms with Crippen molar-refractivity contribution in [2.24, 2.45) is 5.92 Å². The minimum Gasteiger partial charge on any atom is -0.392 e. The molecule has 0 aliphatic carbocycles. The first kappa shape index (κ1) is 11.2. The van der Waals surface area contributed by atoms with Crippen LogP contribution in [-0.2, 0) is 9.05 Å². The second kappa shape index (κ2) is 4.59. The Labute approximate surface area is 82.7 Å². The lowest BCUT2D eigenvalue weighted by molar-refractivity contribution is 0.108. The third kappa shape index (κ3) is 4.26. The van der Waals surface area contributed by atoms with Crippen LogP contribution in [0.2, 0.25) is 0 Å². The number of rotatable bonds is 3. The normalized spacial score (nSPS) is 22.9. The van der Waals surface area contributed by atoms with Crippen molar-refractivity contribution in [2.45, 2.75) is 18.9 Å². The summed E-state index contributed by atoms with van der Waals surface area (Å²) >= 11 is 0.